The monoisotopic (exact) mass is 401 g/mol. The standard InChI is InChI=1S/C22H31N3O2S/c1-4-28(26,27)25-19-13-11-18(12-14-19)22(2,3)24-20-9-7-8-17(16-20)21-10-5-6-15-23-21/h5-10,15-16,18-19,24-25H,4,11-14H2,1-3H3/t18-,19-. The number of hydrogen-bond donors (Lipinski definition) is 2. The zero-order valence-corrected chi connectivity index (χ0v) is 17.8. The minimum absolute atomic E-state index is 0.0721. The first kappa shape index (κ1) is 20.8. The summed E-state index contributed by atoms with van der Waals surface area (Å²) in [4.78, 5) is 4.44. The summed E-state index contributed by atoms with van der Waals surface area (Å²) in [6.45, 7) is 6.16. The summed E-state index contributed by atoms with van der Waals surface area (Å²) in [5, 5.41) is 3.71. The maximum Gasteiger partial charge on any atom is 0.211 e. The van der Waals surface area contributed by atoms with Crippen LogP contribution in [0.15, 0.2) is 48.7 Å². The van der Waals surface area contributed by atoms with Crippen molar-refractivity contribution in [3.63, 3.8) is 0 Å². The minimum atomic E-state index is -3.12. The van der Waals surface area contributed by atoms with Crippen molar-refractivity contribution in [1.82, 2.24) is 9.71 Å². The van der Waals surface area contributed by atoms with E-state index in [4.69, 9.17) is 0 Å². The molecule has 1 saturated carbocycles. The van der Waals surface area contributed by atoms with Gasteiger partial charge in [-0.3, -0.25) is 4.98 Å². The maximum absolute atomic E-state index is 11.8. The smallest absolute Gasteiger partial charge is 0.211 e. The lowest BCUT2D eigenvalue weighted by Crippen LogP contribution is -2.45. The largest absolute Gasteiger partial charge is 0.380 e. The molecule has 0 aliphatic heterocycles. The molecule has 0 amide bonds. The Balaban J connectivity index is 1.63. The van der Waals surface area contributed by atoms with E-state index in [1.807, 2.05) is 24.4 Å². The second kappa shape index (κ2) is 8.62. The van der Waals surface area contributed by atoms with Crippen LogP contribution >= 0.6 is 0 Å². The Bertz CT molecular complexity index is 874. The SMILES string of the molecule is CCS(=O)(=O)N[C@H]1CC[C@H](C(C)(C)Nc2cccc(-c3ccccn3)c2)CC1. The van der Waals surface area contributed by atoms with Crippen molar-refractivity contribution >= 4 is 15.7 Å². The molecule has 0 unspecified atom stereocenters. The van der Waals surface area contributed by atoms with Gasteiger partial charge in [-0.15, -0.1) is 0 Å². The van der Waals surface area contributed by atoms with Crippen LogP contribution < -0.4 is 10.0 Å². The molecule has 0 atom stereocenters. The molecule has 6 heteroatoms. The van der Waals surface area contributed by atoms with E-state index >= 15 is 0 Å². The van der Waals surface area contributed by atoms with Crippen LogP contribution in [0.25, 0.3) is 11.3 Å². The summed E-state index contributed by atoms with van der Waals surface area (Å²) in [7, 11) is -3.12. The fraction of sp³-hybridized carbons (Fsp3) is 0.500. The lowest BCUT2D eigenvalue weighted by molar-refractivity contribution is 0.235. The number of hydrogen-bond acceptors (Lipinski definition) is 4. The van der Waals surface area contributed by atoms with Crippen molar-refractivity contribution < 1.29 is 8.42 Å². The Kier molecular flexibility index (Phi) is 6.40. The van der Waals surface area contributed by atoms with Crippen LogP contribution in [-0.4, -0.2) is 30.7 Å². The number of nitrogens with one attached hydrogen (secondary N) is 2. The van der Waals surface area contributed by atoms with E-state index < -0.39 is 10.0 Å². The molecular formula is C22H31N3O2S. The third-order valence-electron chi connectivity index (χ3n) is 5.76. The molecule has 28 heavy (non-hydrogen) atoms. The number of aromatic nitrogens is 1. The molecule has 0 saturated heterocycles. The van der Waals surface area contributed by atoms with Gasteiger partial charge in [-0.2, -0.15) is 0 Å². The number of sulfonamides is 1. The van der Waals surface area contributed by atoms with Crippen molar-refractivity contribution in [2.75, 3.05) is 11.1 Å². The maximum atomic E-state index is 11.8. The quantitative estimate of drug-likeness (QED) is 0.720. The first-order chi connectivity index (χ1) is 13.3. The van der Waals surface area contributed by atoms with E-state index in [0.717, 1.165) is 42.6 Å². The van der Waals surface area contributed by atoms with Gasteiger partial charge < -0.3 is 5.32 Å². The molecule has 1 aliphatic carbocycles. The highest BCUT2D eigenvalue weighted by Crippen LogP contribution is 2.35. The Labute approximate surface area is 169 Å². The molecule has 152 valence electrons. The molecule has 1 fully saturated rings. The first-order valence-corrected chi connectivity index (χ1v) is 11.7. The zero-order chi connectivity index (χ0) is 20.2. The van der Waals surface area contributed by atoms with E-state index in [2.05, 4.69) is 53.1 Å². The van der Waals surface area contributed by atoms with E-state index in [1.54, 1.807) is 6.92 Å². The molecule has 1 aliphatic rings. The first-order valence-electron chi connectivity index (χ1n) is 10.1. The van der Waals surface area contributed by atoms with Crippen LogP contribution in [0, 0.1) is 5.92 Å². The minimum Gasteiger partial charge on any atom is -0.380 e. The summed E-state index contributed by atoms with van der Waals surface area (Å²) in [6, 6.07) is 14.4. The van der Waals surface area contributed by atoms with Crippen molar-refractivity contribution in [1.29, 1.82) is 0 Å². The average Bonchev–Trinajstić information content (AvgIpc) is 2.69. The molecule has 5 nitrogen and oxygen atoms in total. The molecule has 0 spiro atoms. The summed E-state index contributed by atoms with van der Waals surface area (Å²) in [5.41, 5.74) is 3.07. The molecule has 1 aromatic carbocycles. The average molecular weight is 402 g/mol. The highest BCUT2D eigenvalue weighted by molar-refractivity contribution is 7.89. The third-order valence-corrected chi connectivity index (χ3v) is 7.22. The molecule has 2 N–H and O–H groups in total. The summed E-state index contributed by atoms with van der Waals surface area (Å²) in [5.74, 6) is 0.639. The van der Waals surface area contributed by atoms with E-state index in [-0.39, 0.29) is 17.3 Å². The van der Waals surface area contributed by atoms with Gasteiger partial charge in [0, 0.05) is 29.0 Å². The molecule has 3 rings (SSSR count). The Morgan fingerprint density at radius 1 is 1.07 bits per heavy atom. The summed E-state index contributed by atoms with van der Waals surface area (Å²) < 4.78 is 26.5. The van der Waals surface area contributed by atoms with Crippen LogP contribution in [0.3, 0.4) is 0 Å². The van der Waals surface area contributed by atoms with Crippen LogP contribution in [-0.2, 0) is 10.0 Å². The van der Waals surface area contributed by atoms with Crippen molar-refractivity contribution in [2.24, 2.45) is 5.92 Å². The van der Waals surface area contributed by atoms with Crippen LogP contribution in [0.4, 0.5) is 5.69 Å². The highest BCUT2D eigenvalue weighted by Gasteiger charge is 2.34. The van der Waals surface area contributed by atoms with Crippen LogP contribution in [0.2, 0.25) is 0 Å². The van der Waals surface area contributed by atoms with E-state index in [0.29, 0.717) is 5.92 Å². The normalized spacial score (nSPS) is 20.7. The second-order valence-electron chi connectivity index (χ2n) is 8.21. The van der Waals surface area contributed by atoms with Crippen molar-refractivity contribution in [3.05, 3.63) is 48.7 Å². The number of nitrogens with zero attached hydrogens (tertiary/aromatic N) is 1. The summed E-state index contributed by atoms with van der Waals surface area (Å²) >= 11 is 0. The topological polar surface area (TPSA) is 71.1 Å². The van der Waals surface area contributed by atoms with Crippen LogP contribution in [0.1, 0.15) is 46.5 Å². The van der Waals surface area contributed by atoms with Gasteiger partial charge in [0.25, 0.3) is 0 Å². The Hall–Kier alpha value is -1.92. The van der Waals surface area contributed by atoms with Crippen molar-refractivity contribution in [2.45, 2.75) is 58.0 Å². The van der Waals surface area contributed by atoms with E-state index in [9.17, 15) is 8.42 Å². The molecule has 0 radical (unpaired) electrons. The van der Waals surface area contributed by atoms with Crippen LogP contribution in [0.5, 0.6) is 0 Å². The molecule has 2 aromatic rings. The predicted molar refractivity (Wildman–Crippen MR) is 116 cm³/mol. The van der Waals surface area contributed by atoms with Gasteiger partial charge in [-0.1, -0.05) is 18.2 Å². The molecule has 1 aromatic heterocycles. The fourth-order valence-corrected chi connectivity index (χ4v) is 4.94. The van der Waals surface area contributed by atoms with Gasteiger partial charge in [0.05, 0.1) is 11.4 Å². The van der Waals surface area contributed by atoms with Gasteiger partial charge in [0.15, 0.2) is 0 Å². The second-order valence-corrected chi connectivity index (χ2v) is 10.3. The Morgan fingerprint density at radius 3 is 2.46 bits per heavy atom. The van der Waals surface area contributed by atoms with Gasteiger partial charge in [-0.25, -0.2) is 13.1 Å². The molecular weight excluding hydrogens is 370 g/mol. The highest BCUT2D eigenvalue weighted by atomic mass is 32.2. The number of benzene rings is 1. The molecule has 0 bridgehead atoms. The lowest BCUT2D eigenvalue weighted by atomic mass is 9.75. The number of rotatable bonds is 7. The van der Waals surface area contributed by atoms with E-state index in [1.165, 1.54) is 0 Å². The lowest BCUT2D eigenvalue weighted by Gasteiger charge is -2.40. The Morgan fingerprint density at radius 2 is 1.82 bits per heavy atom. The number of pyridine rings is 1. The fourth-order valence-electron chi connectivity index (χ4n) is 4.03. The number of anilines is 1. The summed E-state index contributed by atoms with van der Waals surface area (Å²) in [6.07, 6.45) is 5.62. The third kappa shape index (κ3) is 5.32. The van der Waals surface area contributed by atoms with Gasteiger partial charge in [-0.05, 0) is 76.6 Å². The van der Waals surface area contributed by atoms with Gasteiger partial charge in [0.2, 0.25) is 10.0 Å². The zero-order valence-electron chi connectivity index (χ0n) is 17.0. The van der Waals surface area contributed by atoms with Gasteiger partial charge in [0.1, 0.15) is 0 Å². The van der Waals surface area contributed by atoms with Crippen molar-refractivity contribution in [3.8, 4) is 11.3 Å². The van der Waals surface area contributed by atoms with Gasteiger partial charge >= 0.3 is 0 Å². The molecule has 1 heterocycles. The predicted octanol–water partition coefficient (Wildman–Crippen LogP) is 4.44.